The van der Waals surface area contributed by atoms with Crippen LogP contribution >= 0.6 is 0 Å². The Kier molecular flexibility index (Phi) is 4.65. The molecule has 0 spiro atoms. The molecule has 7 heteroatoms. The van der Waals surface area contributed by atoms with Crippen molar-refractivity contribution in [3.63, 3.8) is 0 Å². The predicted octanol–water partition coefficient (Wildman–Crippen LogP) is 4.21. The van der Waals surface area contributed by atoms with Gasteiger partial charge in [-0.25, -0.2) is 9.97 Å². The van der Waals surface area contributed by atoms with Crippen molar-refractivity contribution < 1.29 is 4.74 Å². The number of fused-ring (bicyclic) bond motifs is 1. The van der Waals surface area contributed by atoms with Crippen molar-refractivity contribution in [3.8, 4) is 17.0 Å². The second-order valence-electron chi connectivity index (χ2n) is 6.84. The number of aromatic amines is 1. The number of hydrogen-bond acceptors (Lipinski definition) is 6. The molecule has 2 N–H and O–H groups in total. The van der Waals surface area contributed by atoms with Gasteiger partial charge in [0.25, 0.3) is 0 Å². The van der Waals surface area contributed by atoms with Crippen molar-refractivity contribution in [3.05, 3.63) is 59.8 Å². The number of methoxy groups -OCH3 is 1. The minimum atomic E-state index is 0.0161. The van der Waals surface area contributed by atoms with Crippen molar-refractivity contribution in [2.45, 2.75) is 26.8 Å². The van der Waals surface area contributed by atoms with E-state index in [0.29, 0.717) is 0 Å². The molecule has 0 amide bonds. The summed E-state index contributed by atoms with van der Waals surface area (Å²) >= 11 is 0. The van der Waals surface area contributed by atoms with Crippen LogP contribution in [0.3, 0.4) is 0 Å². The highest BCUT2D eigenvalue weighted by Gasteiger charge is 2.15. The summed E-state index contributed by atoms with van der Waals surface area (Å²) in [5.41, 5.74) is 5.61. The van der Waals surface area contributed by atoms with Crippen LogP contribution < -0.4 is 10.1 Å². The molecule has 1 atom stereocenters. The van der Waals surface area contributed by atoms with Crippen LogP contribution in [0.5, 0.6) is 5.75 Å². The fourth-order valence-corrected chi connectivity index (χ4v) is 3.14. The molecule has 28 heavy (non-hydrogen) atoms. The van der Waals surface area contributed by atoms with Gasteiger partial charge in [-0.2, -0.15) is 5.10 Å². The lowest BCUT2D eigenvalue weighted by Gasteiger charge is -2.16. The van der Waals surface area contributed by atoms with E-state index >= 15 is 0 Å². The summed E-state index contributed by atoms with van der Waals surface area (Å²) in [7, 11) is 1.65. The van der Waals surface area contributed by atoms with Gasteiger partial charge in [0.15, 0.2) is 0 Å². The van der Waals surface area contributed by atoms with E-state index in [9.17, 15) is 0 Å². The molecule has 0 aliphatic heterocycles. The number of pyridine rings is 1. The minimum Gasteiger partial charge on any atom is -0.496 e. The number of ether oxygens (including phenoxy) is 1. The normalized spacial score (nSPS) is 12.1. The van der Waals surface area contributed by atoms with E-state index in [4.69, 9.17) is 4.74 Å². The van der Waals surface area contributed by atoms with Crippen molar-refractivity contribution in [1.29, 1.82) is 0 Å². The van der Waals surface area contributed by atoms with E-state index in [2.05, 4.69) is 37.4 Å². The molecule has 0 bridgehead atoms. The second kappa shape index (κ2) is 7.26. The lowest BCUT2D eigenvalue weighted by atomic mass is 10.1. The molecule has 1 aromatic carbocycles. The topological polar surface area (TPSA) is 88.6 Å². The SMILES string of the molecule is COc1cc2ncnc(N[C@H](C)c3cc(C)n[nH]3)c2cc1-c1ccc(C)cn1. The number of aryl methyl sites for hydroxylation is 2. The van der Waals surface area contributed by atoms with Gasteiger partial charge in [0, 0.05) is 23.2 Å². The first-order valence-corrected chi connectivity index (χ1v) is 9.09. The molecule has 0 radical (unpaired) electrons. The first-order valence-electron chi connectivity index (χ1n) is 9.09. The monoisotopic (exact) mass is 374 g/mol. The summed E-state index contributed by atoms with van der Waals surface area (Å²) in [5, 5.41) is 11.6. The number of H-pyrrole nitrogens is 1. The standard InChI is InChI=1S/C21H22N6O/c1-12-5-6-17(22-10-12)15-8-16-19(9-20(15)28-4)23-11-24-21(16)25-14(3)18-7-13(2)26-27-18/h5-11,14H,1-4H3,(H,26,27)(H,23,24,25)/t14-/m1/s1. The van der Waals surface area contributed by atoms with Crippen LogP contribution in [0, 0.1) is 13.8 Å². The molecule has 3 aromatic heterocycles. The maximum atomic E-state index is 5.60. The summed E-state index contributed by atoms with van der Waals surface area (Å²) < 4.78 is 5.60. The maximum Gasteiger partial charge on any atom is 0.137 e. The van der Waals surface area contributed by atoms with Crippen LogP contribution in [-0.4, -0.2) is 32.3 Å². The Labute approximate surface area is 163 Å². The summed E-state index contributed by atoms with van der Waals surface area (Å²) in [5.74, 6) is 1.48. The predicted molar refractivity (Wildman–Crippen MR) is 109 cm³/mol. The van der Waals surface area contributed by atoms with Crippen LogP contribution in [-0.2, 0) is 0 Å². The Balaban J connectivity index is 1.79. The zero-order valence-electron chi connectivity index (χ0n) is 16.3. The van der Waals surface area contributed by atoms with Gasteiger partial charge >= 0.3 is 0 Å². The van der Waals surface area contributed by atoms with Crippen molar-refractivity contribution in [2.24, 2.45) is 0 Å². The van der Waals surface area contributed by atoms with Crippen LogP contribution in [0.2, 0.25) is 0 Å². The zero-order valence-corrected chi connectivity index (χ0v) is 16.3. The molecule has 0 fully saturated rings. The molecule has 0 aliphatic carbocycles. The number of benzene rings is 1. The number of aromatic nitrogens is 5. The maximum absolute atomic E-state index is 5.60. The Morgan fingerprint density at radius 1 is 1.07 bits per heavy atom. The third-order valence-electron chi connectivity index (χ3n) is 4.69. The van der Waals surface area contributed by atoms with Gasteiger partial charge in [-0.15, -0.1) is 0 Å². The largest absolute Gasteiger partial charge is 0.496 e. The van der Waals surface area contributed by atoms with Gasteiger partial charge in [0.05, 0.1) is 35.8 Å². The quantitative estimate of drug-likeness (QED) is 0.544. The molecule has 4 aromatic rings. The van der Waals surface area contributed by atoms with E-state index in [0.717, 1.165) is 50.7 Å². The first-order chi connectivity index (χ1) is 13.5. The lowest BCUT2D eigenvalue weighted by molar-refractivity contribution is 0.417. The number of hydrogen-bond donors (Lipinski definition) is 2. The molecule has 7 nitrogen and oxygen atoms in total. The molecule has 0 saturated heterocycles. The summed E-state index contributed by atoms with van der Waals surface area (Å²) in [6.07, 6.45) is 3.40. The number of nitrogens with zero attached hydrogens (tertiary/aromatic N) is 4. The Hall–Kier alpha value is -3.48. The smallest absolute Gasteiger partial charge is 0.137 e. The van der Waals surface area contributed by atoms with Crippen molar-refractivity contribution in [1.82, 2.24) is 25.1 Å². The fraction of sp³-hybridized carbons (Fsp3) is 0.238. The molecule has 0 unspecified atom stereocenters. The van der Waals surface area contributed by atoms with E-state index in [1.54, 1.807) is 13.4 Å². The second-order valence-corrected chi connectivity index (χ2v) is 6.84. The Morgan fingerprint density at radius 3 is 2.61 bits per heavy atom. The van der Waals surface area contributed by atoms with Gasteiger partial charge in [0.2, 0.25) is 0 Å². The van der Waals surface area contributed by atoms with Gasteiger partial charge in [-0.1, -0.05) is 6.07 Å². The third kappa shape index (κ3) is 3.38. The minimum absolute atomic E-state index is 0.0161. The molecule has 0 aliphatic rings. The average Bonchev–Trinajstić information content (AvgIpc) is 3.14. The molecule has 0 saturated carbocycles. The molecule has 142 valence electrons. The van der Waals surface area contributed by atoms with Crippen molar-refractivity contribution >= 4 is 16.7 Å². The van der Waals surface area contributed by atoms with Gasteiger partial charge in [0.1, 0.15) is 17.9 Å². The molecular weight excluding hydrogens is 352 g/mol. The van der Waals surface area contributed by atoms with Crippen LogP contribution in [0.4, 0.5) is 5.82 Å². The summed E-state index contributed by atoms with van der Waals surface area (Å²) in [4.78, 5) is 13.4. The van der Waals surface area contributed by atoms with Crippen molar-refractivity contribution in [2.75, 3.05) is 12.4 Å². The van der Waals surface area contributed by atoms with E-state index < -0.39 is 0 Å². The molecule has 3 heterocycles. The Morgan fingerprint density at radius 2 is 1.93 bits per heavy atom. The number of rotatable bonds is 5. The number of nitrogens with one attached hydrogen (secondary N) is 2. The van der Waals surface area contributed by atoms with Crippen LogP contribution in [0.25, 0.3) is 22.2 Å². The Bertz CT molecular complexity index is 1120. The van der Waals surface area contributed by atoms with Crippen LogP contribution in [0.1, 0.15) is 29.9 Å². The highest BCUT2D eigenvalue weighted by atomic mass is 16.5. The van der Waals surface area contributed by atoms with Gasteiger partial charge < -0.3 is 10.1 Å². The zero-order chi connectivity index (χ0) is 19.7. The molecular formula is C21H22N6O. The first kappa shape index (κ1) is 17.9. The van der Waals surface area contributed by atoms with Crippen LogP contribution in [0.15, 0.2) is 42.9 Å². The lowest BCUT2D eigenvalue weighted by Crippen LogP contribution is -2.09. The van der Waals surface area contributed by atoms with E-state index in [-0.39, 0.29) is 6.04 Å². The average molecular weight is 374 g/mol. The molecule has 4 rings (SSSR count). The number of anilines is 1. The van der Waals surface area contributed by atoms with E-state index in [1.807, 2.05) is 50.4 Å². The third-order valence-corrected chi connectivity index (χ3v) is 4.69. The fourth-order valence-electron chi connectivity index (χ4n) is 3.14. The van der Waals surface area contributed by atoms with E-state index in [1.165, 1.54) is 0 Å². The summed E-state index contributed by atoms with van der Waals surface area (Å²) in [6.45, 7) is 6.04. The van der Waals surface area contributed by atoms with Gasteiger partial charge in [-0.3, -0.25) is 10.1 Å². The van der Waals surface area contributed by atoms with Gasteiger partial charge in [-0.05, 0) is 44.5 Å². The highest BCUT2D eigenvalue weighted by Crippen LogP contribution is 2.35. The summed E-state index contributed by atoms with van der Waals surface area (Å²) in [6, 6.07) is 10.0. The highest BCUT2D eigenvalue weighted by molar-refractivity contribution is 5.94.